The number of benzene rings is 1. The van der Waals surface area contributed by atoms with Gasteiger partial charge in [-0.2, -0.15) is 5.26 Å². The second-order valence-corrected chi connectivity index (χ2v) is 5.70. The van der Waals surface area contributed by atoms with Gasteiger partial charge in [0.15, 0.2) is 0 Å². The van der Waals surface area contributed by atoms with E-state index in [-0.39, 0.29) is 0 Å². The van der Waals surface area contributed by atoms with Crippen molar-refractivity contribution < 1.29 is 4.84 Å². The van der Waals surface area contributed by atoms with Gasteiger partial charge in [-0.05, 0) is 30.1 Å². The molecule has 0 aromatic heterocycles. The highest BCUT2D eigenvalue weighted by Gasteiger charge is 2.22. The van der Waals surface area contributed by atoms with Gasteiger partial charge in [0.25, 0.3) is 0 Å². The van der Waals surface area contributed by atoms with E-state index in [0.29, 0.717) is 5.57 Å². The van der Waals surface area contributed by atoms with Crippen LogP contribution in [0.4, 0.5) is 0 Å². The summed E-state index contributed by atoms with van der Waals surface area (Å²) in [6.45, 7) is 2.16. The number of rotatable bonds is 5. The van der Waals surface area contributed by atoms with Crippen LogP contribution in [0.2, 0.25) is 0 Å². The Morgan fingerprint density at radius 2 is 2.10 bits per heavy atom. The molecular formula is C17H18N2OS. The van der Waals surface area contributed by atoms with Crippen molar-refractivity contribution in [1.82, 2.24) is 0 Å². The number of nitrogens with zero attached hydrogens (tertiary/aromatic N) is 2. The molecule has 0 atom stereocenters. The second kappa shape index (κ2) is 7.70. The van der Waals surface area contributed by atoms with Gasteiger partial charge in [-0.25, -0.2) is 0 Å². The lowest BCUT2D eigenvalue weighted by atomic mass is 10.0. The summed E-state index contributed by atoms with van der Waals surface area (Å²) in [5, 5.41) is 14.4. The van der Waals surface area contributed by atoms with Crippen molar-refractivity contribution in [2.45, 2.75) is 26.2 Å². The van der Waals surface area contributed by atoms with Gasteiger partial charge in [0.2, 0.25) is 0 Å². The lowest BCUT2D eigenvalue weighted by molar-refractivity contribution is 0.215. The molecular weight excluding hydrogens is 280 g/mol. The predicted octanol–water partition coefficient (Wildman–Crippen LogP) is 4.74. The Kier molecular flexibility index (Phi) is 5.65. The van der Waals surface area contributed by atoms with Crippen LogP contribution in [0.3, 0.4) is 0 Å². The first-order chi connectivity index (χ1) is 10.3. The highest BCUT2D eigenvalue weighted by molar-refractivity contribution is 8.18. The van der Waals surface area contributed by atoms with Crippen LogP contribution < -0.4 is 0 Å². The molecule has 0 N–H and O–H groups in total. The molecule has 1 aromatic carbocycles. The minimum atomic E-state index is 0.691. The number of hydrogen-bond donors (Lipinski definition) is 0. The third-order valence-electron chi connectivity index (χ3n) is 3.18. The topological polar surface area (TPSA) is 45.4 Å². The standard InChI is InChI=1S/C17H18N2OS/c1-3-4-8-14-11-16(21-17(14)19-20-2)15(12-18)13-9-6-5-7-10-13/h5-7,9-11H,3-4,8H2,1-2H3/b16-15+,19-17?. The number of nitriles is 1. The number of unbranched alkanes of at least 4 members (excludes halogenated alkanes) is 1. The van der Waals surface area contributed by atoms with Crippen molar-refractivity contribution in [1.29, 1.82) is 5.26 Å². The molecule has 1 aliphatic heterocycles. The molecule has 1 aliphatic rings. The maximum absolute atomic E-state index is 9.50. The van der Waals surface area contributed by atoms with E-state index in [1.807, 2.05) is 30.3 Å². The average molecular weight is 298 g/mol. The molecule has 0 spiro atoms. The van der Waals surface area contributed by atoms with Crippen LogP contribution >= 0.6 is 11.8 Å². The van der Waals surface area contributed by atoms with E-state index >= 15 is 0 Å². The van der Waals surface area contributed by atoms with E-state index in [2.05, 4.69) is 24.2 Å². The fourth-order valence-corrected chi connectivity index (χ4v) is 3.19. The lowest BCUT2D eigenvalue weighted by Crippen LogP contribution is -1.93. The van der Waals surface area contributed by atoms with Crippen molar-refractivity contribution in [3.8, 4) is 6.07 Å². The van der Waals surface area contributed by atoms with Crippen LogP contribution in [0.1, 0.15) is 31.7 Å². The number of thioether (sulfide) groups is 1. The van der Waals surface area contributed by atoms with Gasteiger partial charge < -0.3 is 4.84 Å². The zero-order chi connectivity index (χ0) is 15.1. The van der Waals surface area contributed by atoms with Crippen LogP contribution in [0.25, 0.3) is 5.57 Å². The van der Waals surface area contributed by atoms with Crippen LogP contribution in [0.5, 0.6) is 0 Å². The first-order valence-corrected chi connectivity index (χ1v) is 7.81. The van der Waals surface area contributed by atoms with Crippen molar-refractivity contribution in [2.75, 3.05) is 7.11 Å². The fraction of sp³-hybridized carbons (Fsp3) is 0.294. The third kappa shape index (κ3) is 3.77. The van der Waals surface area contributed by atoms with E-state index in [9.17, 15) is 5.26 Å². The summed E-state index contributed by atoms with van der Waals surface area (Å²) >= 11 is 1.51. The highest BCUT2D eigenvalue weighted by Crippen LogP contribution is 2.39. The minimum Gasteiger partial charge on any atom is -0.398 e. The fourth-order valence-electron chi connectivity index (χ4n) is 2.12. The third-order valence-corrected chi connectivity index (χ3v) is 4.25. The summed E-state index contributed by atoms with van der Waals surface area (Å²) in [4.78, 5) is 5.87. The van der Waals surface area contributed by atoms with Gasteiger partial charge in [0.05, 0.1) is 5.57 Å². The summed E-state index contributed by atoms with van der Waals surface area (Å²) in [5.74, 6) is 0. The molecule has 0 saturated heterocycles. The maximum Gasteiger partial charge on any atom is 0.143 e. The molecule has 3 nitrogen and oxygen atoms in total. The normalized spacial score (nSPS) is 18.3. The maximum atomic E-state index is 9.50. The van der Waals surface area contributed by atoms with E-state index in [1.165, 1.54) is 11.8 Å². The van der Waals surface area contributed by atoms with Crippen LogP contribution in [-0.4, -0.2) is 12.2 Å². The largest absolute Gasteiger partial charge is 0.398 e. The average Bonchev–Trinajstić information content (AvgIpc) is 2.90. The predicted molar refractivity (Wildman–Crippen MR) is 88.6 cm³/mol. The quantitative estimate of drug-likeness (QED) is 0.582. The lowest BCUT2D eigenvalue weighted by Gasteiger charge is -2.02. The van der Waals surface area contributed by atoms with E-state index < -0.39 is 0 Å². The molecule has 4 heteroatoms. The summed E-state index contributed by atoms with van der Waals surface area (Å²) in [6.07, 6.45) is 5.27. The first-order valence-electron chi connectivity index (χ1n) is 6.99. The molecule has 0 radical (unpaired) electrons. The zero-order valence-corrected chi connectivity index (χ0v) is 13.1. The van der Waals surface area contributed by atoms with E-state index in [0.717, 1.165) is 40.3 Å². The highest BCUT2D eigenvalue weighted by atomic mass is 32.2. The molecule has 0 fully saturated rings. The first kappa shape index (κ1) is 15.4. The summed E-state index contributed by atoms with van der Waals surface area (Å²) in [7, 11) is 1.55. The van der Waals surface area contributed by atoms with Gasteiger partial charge in [-0.15, -0.1) is 0 Å². The second-order valence-electron chi connectivity index (χ2n) is 4.67. The van der Waals surface area contributed by atoms with Crippen LogP contribution in [-0.2, 0) is 4.84 Å². The Hall–Kier alpha value is -1.99. The molecule has 0 aliphatic carbocycles. The molecule has 0 amide bonds. The molecule has 108 valence electrons. The number of hydrogen-bond acceptors (Lipinski definition) is 4. The van der Waals surface area contributed by atoms with Gasteiger partial charge in [0, 0.05) is 4.91 Å². The zero-order valence-electron chi connectivity index (χ0n) is 12.3. The summed E-state index contributed by atoms with van der Waals surface area (Å²) in [6, 6.07) is 12.1. The van der Waals surface area contributed by atoms with Crippen molar-refractivity contribution in [2.24, 2.45) is 5.16 Å². The summed E-state index contributed by atoms with van der Waals surface area (Å²) < 4.78 is 0. The van der Waals surface area contributed by atoms with Crippen molar-refractivity contribution >= 4 is 22.4 Å². The minimum absolute atomic E-state index is 0.691. The van der Waals surface area contributed by atoms with Gasteiger partial charge in [-0.1, -0.05) is 60.6 Å². The Morgan fingerprint density at radius 1 is 1.33 bits per heavy atom. The number of allylic oxidation sites excluding steroid dienone is 2. The Balaban J connectivity index is 2.39. The summed E-state index contributed by atoms with van der Waals surface area (Å²) in [5.41, 5.74) is 2.78. The molecule has 0 saturated carbocycles. The molecule has 2 rings (SSSR count). The Morgan fingerprint density at radius 3 is 2.71 bits per heavy atom. The van der Waals surface area contributed by atoms with Gasteiger partial charge in [0.1, 0.15) is 18.2 Å². The molecule has 0 unspecified atom stereocenters. The van der Waals surface area contributed by atoms with Gasteiger partial charge in [-0.3, -0.25) is 0 Å². The van der Waals surface area contributed by atoms with E-state index in [4.69, 9.17) is 4.84 Å². The SMILES string of the molecule is CCCCC1=C/C(=C(/C#N)c2ccccc2)SC1=NOC. The molecule has 21 heavy (non-hydrogen) atoms. The van der Waals surface area contributed by atoms with Crippen LogP contribution in [0.15, 0.2) is 52.0 Å². The molecule has 0 bridgehead atoms. The molecule has 1 heterocycles. The smallest absolute Gasteiger partial charge is 0.143 e. The van der Waals surface area contributed by atoms with Gasteiger partial charge >= 0.3 is 0 Å². The molecule has 1 aromatic rings. The number of oxime groups is 1. The Labute approximate surface area is 130 Å². The van der Waals surface area contributed by atoms with E-state index in [1.54, 1.807) is 7.11 Å². The van der Waals surface area contributed by atoms with Crippen molar-refractivity contribution in [3.05, 3.63) is 52.4 Å². The van der Waals surface area contributed by atoms with Crippen LogP contribution in [0, 0.1) is 11.3 Å². The Bertz CT molecular complexity index is 624. The monoisotopic (exact) mass is 298 g/mol. The van der Waals surface area contributed by atoms with Crippen molar-refractivity contribution in [3.63, 3.8) is 0 Å².